The van der Waals surface area contributed by atoms with Crippen LogP contribution in [0.2, 0.25) is 5.02 Å². The number of amides is 1. The number of hydrogen-bond donors (Lipinski definition) is 2. The largest absolute Gasteiger partial charge is 0.478 e. The van der Waals surface area contributed by atoms with Gasteiger partial charge in [-0.2, -0.15) is 0 Å². The summed E-state index contributed by atoms with van der Waals surface area (Å²) < 4.78 is 28.3. The molecule has 0 radical (unpaired) electrons. The topological polar surface area (TPSA) is 104 Å². The first-order valence-corrected chi connectivity index (χ1v) is 12.3. The van der Waals surface area contributed by atoms with Gasteiger partial charge in [0.25, 0.3) is 15.9 Å². The molecule has 32 heavy (non-hydrogen) atoms. The number of halogens is 3. The van der Waals surface area contributed by atoms with Crippen LogP contribution in [0.1, 0.15) is 20.7 Å². The van der Waals surface area contributed by atoms with Gasteiger partial charge in [0.15, 0.2) is 0 Å². The molecule has 2 N–H and O–H groups in total. The van der Waals surface area contributed by atoms with Crippen LogP contribution in [0, 0.1) is 0 Å². The highest BCUT2D eigenvalue weighted by Gasteiger charge is 2.25. The van der Waals surface area contributed by atoms with Crippen LogP contribution >= 0.6 is 43.5 Å². The second-order valence-corrected chi connectivity index (χ2v) is 10.7. The van der Waals surface area contributed by atoms with Crippen LogP contribution in [0.5, 0.6) is 0 Å². The molecule has 3 rings (SSSR count). The van der Waals surface area contributed by atoms with Gasteiger partial charge in [-0.05, 0) is 76.6 Å². The van der Waals surface area contributed by atoms with E-state index in [0.29, 0.717) is 15.2 Å². The van der Waals surface area contributed by atoms with Crippen molar-refractivity contribution in [3.63, 3.8) is 0 Å². The zero-order valence-electron chi connectivity index (χ0n) is 16.3. The molecule has 166 valence electrons. The molecule has 0 saturated carbocycles. The fourth-order valence-electron chi connectivity index (χ4n) is 2.78. The summed E-state index contributed by atoms with van der Waals surface area (Å²) in [5.74, 6) is -1.88. The van der Waals surface area contributed by atoms with Crippen molar-refractivity contribution in [1.29, 1.82) is 0 Å². The Balaban J connectivity index is 1.96. The third-order valence-corrected chi connectivity index (χ3v) is 8.01. The number of carboxylic acid groups (broad SMARTS) is 1. The summed E-state index contributed by atoms with van der Waals surface area (Å²) in [6, 6.07) is 14.7. The molecule has 7 nitrogen and oxygen atoms in total. The van der Waals surface area contributed by atoms with Gasteiger partial charge in [-0.25, -0.2) is 13.2 Å². The summed E-state index contributed by atoms with van der Waals surface area (Å²) in [6.07, 6.45) is 0. The number of sulfonamides is 1. The standard InChI is InChI=1S/C21H15Br2ClN2O5S/c1-26(15-6-4-14(24)5-7-15)32(30,31)19-10-12(2-8-17(19)23)20(27)25-18-9-3-13(22)11-16(18)21(28)29/h2-11H,1H3,(H,25,27)(H,28,29). The van der Waals surface area contributed by atoms with Crippen LogP contribution in [0.4, 0.5) is 11.4 Å². The number of nitrogens with zero attached hydrogens (tertiary/aromatic N) is 1. The van der Waals surface area contributed by atoms with Gasteiger partial charge in [0.05, 0.1) is 16.9 Å². The van der Waals surface area contributed by atoms with E-state index in [2.05, 4.69) is 37.2 Å². The minimum Gasteiger partial charge on any atom is -0.478 e. The van der Waals surface area contributed by atoms with Crippen molar-refractivity contribution in [2.24, 2.45) is 0 Å². The zero-order valence-corrected chi connectivity index (χ0v) is 21.1. The average Bonchev–Trinajstić information content (AvgIpc) is 2.75. The van der Waals surface area contributed by atoms with Crippen molar-refractivity contribution in [3.8, 4) is 0 Å². The zero-order chi connectivity index (χ0) is 23.6. The predicted molar refractivity (Wildman–Crippen MR) is 130 cm³/mol. The van der Waals surface area contributed by atoms with Gasteiger partial charge < -0.3 is 10.4 Å². The number of carbonyl (C=O) groups is 2. The third-order valence-electron chi connectivity index (χ3n) is 4.48. The first-order valence-electron chi connectivity index (χ1n) is 8.89. The average molecular weight is 603 g/mol. The monoisotopic (exact) mass is 600 g/mol. The van der Waals surface area contributed by atoms with Gasteiger partial charge in [-0.3, -0.25) is 9.10 Å². The van der Waals surface area contributed by atoms with E-state index in [-0.39, 0.29) is 26.2 Å². The van der Waals surface area contributed by atoms with Gasteiger partial charge in [-0.15, -0.1) is 0 Å². The van der Waals surface area contributed by atoms with E-state index < -0.39 is 21.9 Å². The maximum absolute atomic E-state index is 13.2. The van der Waals surface area contributed by atoms with E-state index in [4.69, 9.17) is 11.6 Å². The van der Waals surface area contributed by atoms with Gasteiger partial charge >= 0.3 is 5.97 Å². The number of rotatable bonds is 6. The van der Waals surface area contributed by atoms with Crippen LogP contribution in [0.15, 0.2) is 74.5 Å². The molecule has 0 heterocycles. The number of carboxylic acids is 1. The fourth-order valence-corrected chi connectivity index (χ4v) is 5.41. The van der Waals surface area contributed by atoms with Crippen LogP contribution in [0.25, 0.3) is 0 Å². The Labute approximate surface area is 206 Å². The summed E-state index contributed by atoms with van der Waals surface area (Å²) in [4.78, 5) is 24.1. The third kappa shape index (κ3) is 5.15. The van der Waals surface area contributed by atoms with E-state index in [9.17, 15) is 23.1 Å². The first kappa shape index (κ1) is 24.2. The molecular formula is C21H15Br2ClN2O5S. The molecular weight excluding hydrogens is 588 g/mol. The summed E-state index contributed by atoms with van der Waals surface area (Å²) in [5, 5.41) is 12.4. The van der Waals surface area contributed by atoms with Gasteiger partial charge in [0.2, 0.25) is 0 Å². The lowest BCUT2D eigenvalue weighted by Gasteiger charge is -2.21. The molecule has 0 spiro atoms. The summed E-state index contributed by atoms with van der Waals surface area (Å²) in [7, 11) is -2.64. The number of anilines is 2. The smallest absolute Gasteiger partial charge is 0.337 e. The Kier molecular flexibility index (Phi) is 7.29. The summed E-state index contributed by atoms with van der Waals surface area (Å²) >= 11 is 12.3. The molecule has 11 heteroatoms. The molecule has 0 bridgehead atoms. The van der Waals surface area contributed by atoms with Crippen LogP contribution in [-0.4, -0.2) is 32.4 Å². The number of carbonyl (C=O) groups excluding carboxylic acids is 1. The summed E-state index contributed by atoms with van der Waals surface area (Å²) in [5.41, 5.74) is 0.393. The van der Waals surface area contributed by atoms with Crippen LogP contribution in [0.3, 0.4) is 0 Å². The van der Waals surface area contributed by atoms with Crippen molar-refractivity contribution in [3.05, 3.63) is 85.8 Å². The number of nitrogens with one attached hydrogen (secondary N) is 1. The molecule has 0 aliphatic rings. The minimum atomic E-state index is -4.03. The molecule has 3 aromatic carbocycles. The lowest BCUT2D eigenvalue weighted by atomic mass is 10.1. The Morgan fingerprint density at radius 3 is 2.28 bits per heavy atom. The van der Waals surface area contributed by atoms with Crippen molar-refractivity contribution in [2.45, 2.75) is 4.90 Å². The molecule has 0 atom stereocenters. The van der Waals surface area contributed by atoms with Gasteiger partial charge in [-0.1, -0.05) is 27.5 Å². The van der Waals surface area contributed by atoms with E-state index in [1.165, 1.54) is 37.4 Å². The number of aromatic carboxylic acids is 1. The van der Waals surface area contributed by atoms with Crippen LogP contribution in [-0.2, 0) is 10.0 Å². The van der Waals surface area contributed by atoms with E-state index in [1.807, 2.05) is 0 Å². The maximum atomic E-state index is 13.2. The van der Waals surface area contributed by atoms with Crippen molar-refractivity contribution in [2.75, 3.05) is 16.7 Å². The second-order valence-electron chi connectivity index (χ2n) is 6.54. The second kappa shape index (κ2) is 9.62. The first-order chi connectivity index (χ1) is 15.0. The molecule has 0 aliphatic heterocycles. The summed E-state index contributed by atoms with van der Waals surface area (Å²) in [6.45, 7) is 0. The lowest BCUT2D eigenvalue weighted by molar-refractivity contribution is 0.0698. The highest BCUT2D eigenvalue weighted by Crippen LogP contribution is 2.30. The molecule has 0 fully saturated rings. The lowest BCUT2D eigenvalue weighted by Crippen LogP contribution is -2.27. The quantitative estimate of drug-likeness (QED) is 0.380. The van der Waals surface area contributed by atoms with Crippen molar-refractivity contribution in [1.82, 2.24) is 0 Å². The highest BCUT2D eigenvalue weighted by molar-refractivity contribution is 9.10. The predicted octanol–water partition coefficient (Wildman–Crippen LogP) is 5.64. The van der Waals surface area contributed by atoms with Crippen molar-refractivity contribution < 1.29 is 23.1 Å². The Morgan fingerprint density at radius 2 is 1.66 bits per heavy atom. The highest BCUT2D eigenvalue weighted by atomic mass is 79.9. The van der Waals surface area contributed by atoms with Gasteiger partial charge in [0.1, 0.15) is 4.90 Å². The van der Waals surface area contributed by atoms with E-state index in [0.717, 1.165) is 4.31 Å². The molecule has 0 saturated heterocycles. The SMILES string of the molecule is CN(c1ccc(Cl)cc1)S(=O)(=O)c1cc(C(=O)Nc2ccc(Br)cc2C(=O)O)ccc1Br. The number of hydrogen-bond acceptors (Lipinski definition) is 4. The van der Waals surface area contributed by atoms with Gasteiger partial charge in [0, 0.05) is 26.6 Å². The van der Waals surface area contributed by atoms with E-state index >= 15 is 0 Å². The molecule has 0 unspecified atom stereocenters. The normalized spacial score (nSPS) is 11.1. The molecule has 3 aromatic rings. The maximum Gasteiger partial charge on any atom is 0.337 e. The number of benzene rings is 3. The van der Waals surface area contributed by atoms with E-state index in [1.54, 1.807) is 30.3 Å². The molecule has 0 aliphatic carbocycles. The Hall–Kier alpha value is -2.40. The van der Waals surface area contributed by atoms with Crippen LogP contribution < -0.4 is 9.62 Å². The minimum absolute atomic E-state index is 0.0375. The Bertz CT molecular complexity index is 1310. The molecule has 0 aromatic heterocycles. The Morgan fingerprint density at radius 1 is 1.00 bits per heavy atom. The van der Waals surface area contributed by atoms with Crippen molar-refractivity contribution >= 4 is 76.7 Å². The molecule has 1 amide bonds. The fraction of sp³-hybridized carbons (Fsp3) is 0.0476.